The van der Waals surface area contributed by atoms with Crippen LogP contribution in [0.4, 0.5) is 5.69 Å². The van der Waals surface area contributed by atoms with Crippen LogP contribution in [-0.4, -0.2) is 37.8 Å². The maximum atomic E-state index is 12.5. The Bertz CT molecular complexity index is 1290. The number of carbonyl (C=O) groups excluding carboxylic acids is 1. The van der Waals surface area contributed by atoms with Gasteiger partial charge >= 0.3 is 5.97 Å². The van der Waals surface area contributed by atoms with Crippen LogP contribution >= 0.6 is 0 Å². The topological polar surface area (TPSA) is 104 Å². The van der Waals surface area contributed by atoms with Crippen LogP contribution < -0.4 is 0 Å². The lowest BCUT2D eigenvalue weighted by molar-refractivity contribution is -0.385. The van der Waals surface area contributed by atoms with Crippen molar-refractivity contribution in [3.05, 3.63) is 75.6 Å². The largest absolute Gasteiger partial charge is 0.461 e. The lowest BCUT2D eigenvalue weighted by atomic mass is 10.2. The molecule has 9 nitrogen and oxygen atoms in total. The minimum Gasteiger partial charge on any atom is -0.461 e. The number of imidazole rings is 2. The van der Waals surface area contributed by atoms with Crippen molar-refractivity contribution in [3.63, 3.8) is 0 Å². The third-order valence-electron chi connectivity index (χ3n) is 4.49. The number of esters is 1. The number of rotatable bonds is 5. The Kier molecular flexibility index (Phi) is 4.55. The molecule has 0 amide bonds. The molecule has 2 heterocycles. The van der Waals surface area contributed by atoms with Gasteiger partial charge in [-0.15, -0.1) is 0 Å². The number of nitro benzene ring substituents is 1. The van der Waals surface area contributed by atoms with Crippen molar-refractivity contribution in [2.45, 2.75) is 13.8 Å². The molecular weight excluding hydrogens is 374 g/mol. The highest BCUT2D eigenvalue weighted by atomic mass is 16.6. The lowest BCUT2D eigenvalue weighted by Gasteiger charge is -2.01. The SMILES string of the molecule is CCOC(=O)c1c(C)nc2n(/N=C\c3ccccc3[N+](=O)[O-])c3ccccc3n12. The predicted molar refractivity (Wildman–Crippen MR) is 107 cm³/mol. The molecule has 29 heavy (non-hydrogen) atoms. The van der Waals surface area contributed by atoms with Crippen molar-refractivity contribution in [3.8, 4) is 0 Å². The molecule has 0 spiro atoms. The fourth-order valence-electron chi connectivity index (χ4n) is 3.26. The number of fused-ring (bicyclic) bond motifs is 3. The summed E-state index contributed by atoms with van der Waals surface area (Å²) in [5.74, 6) is -0.0512. The van der Waals surface area contributed by atoms with Crippen molar-refractivity contribution < 1.29 is 14.5 Å². The van der Waals surface area contributed by atoms with E-state index < -0.39 is 10.9 Å². The zero-order valence-electron chi connectivity index (χ0n) is 15.8. The van der Waals surface area contributed by atoms with Crippen LogP contribution in [0.15, 0.2) is 53.6 Å². The highest BCUT2D eigenvalue weighted by Gasteiger charge is 2.23. The molecule has 2 aromatic carbocycles. The first kappa shape index (κ1) is 18.4. The molecule has 0 aliphatic carbocycles. The fraction of sp³-hybridized carbons (Fsp3) is 0.150. The highest BCUT2D eigenvalue weighted by molar-refractivity contribution is 5.94. The number of ether oxygens (including phenoxy) is 1. The summed E-state index contributed by atoms with van der Waals surface area (Å²) in [4.78, 5) is 27.8. The molecule has 146 valence electrons. The molecule has 2 aromatic heterocycles. The number of nitro groups is 1. The van der Waals surface area contributed by atoms with E-state index in [-0.39, 0.29) is 12.3 Å². The van der Waals surface area contributed by atoms with Gasteiger partial charge in [-0.05, 0) is 32.0 Å². The van der Waals surface area contributed by atoms with Crippen molar-refractivity contribution in [2.75, 3.05) is 6.61 Å². The fourth-order valence-corrected chi connectivity index (χ4v) is 3.26. The molecule has 9 heteroatoms. The first-order chi connectivity index (χ1) is 14.0. The summed E-state index contributed by atoms with van der Waals surface area (Å²) in [5.41, 5.74) is 2.59. The molecular formula is C20H17N5O4. The average Bonchev–Trinajstić information content (AvgIpc) is 3.19. The van der Waals surface area contributed by atoms with Crippen molar-refractivity contribution in [1.29, 1.82) is 0 Å². The van der Waals surface area contributed by atoms with E-state index in [9.17, 15) is 14.9 Å². The van der Waals surface area contributed by atoms with Crippen LogP contribution in [0.2, 0.25) is 0 Å². The van der Waals surface area contributed by atoms with E-state index >= 15 is 0 Å². The quantitative estimate of drug-likeness (QED) is 0.224. The van der Waals surface area contributed by atoms with Gasteiger partial charge in [-0.2, -0.15) is 9.78 Å². The summed E-state index contributed by atoms with van der Waals surface area (Å²) in [5, 5.41) is 15.7. The number of hydrogen-bond acceptors (Lipinski definition) is 6. The van der Waals surface area contributed by atoms with Crippen molar-refractivity contribution in [2.24, 2.45) is 5.10 Å². The summed E-state index contributed by atoms with van der Waals surface area (Å²) in [6.07, 6.45) is 1.42. The summed E-state index contributed by atoms with van der Waals surface area (Å²) < 4.78 is 8.43. The molecule has 0 saturated heterocycles. The van der Waals surface area contributed by atoms with Gasteiger partial charge in [0, 0.05) is 6.07 Å². The van der Waals surface area contributed by atoms with E-state index in [1.807, 2.05) is 24.3 Å². The summed E-state index contributed by atoms with van der Waals surface area (Å²) in [6, 6.07) is 13.7. The van der Waals surface area contributed by atoms with Crippen LogP contribution in [0.25, 0.3) is 16.8 Å². The van der Waals surface area contributed by atoms with Crippen LogP contribution in [0.1, 0.15) is 28.7 Å². The second-order valence-electron chi connectivity index (χ2n) is 6.26. The van der Waals surface area contributed by atoms with Crippen LogP contribution in [-0.2, 0) is 4.74 Å². The third kappa shape index (κ3) is 3.02. The zero-order chi connectivity index (χ0) is 20.5. The van der Waals surface area contributed by atoms with E-state index in [2.05, 4.69) is 10.1 Å². The highest BCUT2D eigenvalue weighted by Crippen LogP contribution is 2.25. The number of carbonyl (C=O) groups is 1. The van der Waals surface area contributed by atoms with E-state index in [0.717, 1.165) is 5.52 Å². The second-order valence-corrected chi connectivity index (χ2v) is 6.26. The van der Waals surface area contributed by atoms with Crippen LogP contribution in [0.3, 0.4) is 0 Å². The number of nitrogens with zero attached hydrogens (tertiary/aromatic N) is 5. The Morgan fingerprint density at radius 1 is 1.21 bits per heavy atom. The van der Waals surface area contributed by atoms with E-state index in [1.54, 1.807) is 41.1 Å². The summed E-state index contributed by atoms with van der Waals surface area (Å²) in [7, 11) is 0. The van der Waals surface area contributed by atoms with E-state index in [4.69, 9.17) is 4.74 Å². The van der Waals surface area contributed by atoms with Crippen molar-refractivity contribution in [1.82, 2.24) is 14.1 Å². The third-order valence-corrected chi connectivity index (χ3v) is 4.49. The van der Waals surface area contributed by atoms with Gasteiger partial charge in [0.1, 0.15) is 0 Å². The maximum Gasteiger partial charge on any atom is 0.357 e. The molecule has 0 aliphatic rings. The number of hydrogen-bond donors (Lipinski definition) is 0. The Morgan fingerprint density at radius 2 is 1.90 bits per heavy atom. The molecule has 4 rings (SSSR count). The van der Waals surface area contributed by atoms with Gasteiger partial charge in [-0.1, -0.05) is 24.3 Å². The van der Waals surface area contributed by atoms with Gasteiger partial charge in [0.25, 0.3) is 5.69 Å². The molecule has 0 N–H and O–H groups in total. The molecule has 0 bridgehead atoms. The minimum absolute atomic E-state index is 0.0459. The second kappa shape index (κ2) is 7.19. The molecule has 0 fully saturated rings. The number of para-hydroxylation sites is 3. The Balaban J connectivity index is 1.95. The average molecular weight is 391 g/mol. The summed E-state index contributed by atoms with van der Waals surface area (Å²) in [6.45, 7) is 3.72. The molecule has 0 saturated carbocycles. The van der Waals surface area contributed by atoms with E-state index in [1.165, 1.54) is 12.3 Å². The van der Waals surface area contributed by atoms with Gasteiger partial charge in [0.2, 0.25) is 5.78 Å². The van der Waals surface area contributed by atoms with Gasteiger partial charge in [0.15, 0.2) is 5.69 Å². The Labute approximate surface area is 165 Å². The van der Waals surface area contributed by atoms with Gasteiger partial charge in [0.05, 0.1) is 40.0 Å². The number of aromatic nitrogens is 3. The standard InChI is InChI=1S/C20H17N5O4/c1-3-29-19(26)18-13(2)22-20-23(18)16-10-6-7-11-17(16)24(20)21-12-14-8-4-5-9-15(14)25(27)28/h4-12H,3H2,1-2H3/b21-12-. The Hall–Kier alpha value is -4.01. The number of aryl methyl sites for hydroxylation is 1. The first-order valence-electron chi connectivity index (χ1n) is 8.96. The smallest absolute Gasteiger partial charge is 0.357 e. The summed E-state index contributed by atoms with van der Waals surface area (Å²) >= 11 is 0. The normalized spacial score (nSPS) is 11.5. The minimum atomic E-state index is -0.469. The van der Waals surface area contributed by atoms with Gasteiger partial charge < -0.3 is 4.74 Å². The molecule has 0 aliphatic heterocycles. The number of benzene rings is 2. The predicted octanol–water partition coefficient (Wildman–Crippen LogP) is 3.56. The molecule has 0 unspecified atom stereocenters. The molecule has 4 aromatic rings. The van der Waals surface area contributed by atoms with Crippen molar-refractivity contribution >= 4 is 34.7 Å². The van der Waals surface area contributed by atoms with E-state index in [0.29, 0.717) is 28.2 Å². The molecule has 0 atom stereocenters. The van der Waals surface area contributed by atoms with Gasteiger partial charge in [-0.3, -0.25) is 14.5 Å². The van der Waals surface area contributed by atoms with Crippen LogP contribution in [0, 0.1) is 17.0 Å². The zero-order valence-corrected chi connectivity index (χ0v) is 15.8. The first-order valence-corrected chi connectivity index (χ1v) is 8.96. The molecule has 0 radical (unpaired) electrons. The Morgan fingerprint density at radius 3 is 2.62 bits per heavy atom. The monoisotopic (exact) mass is 391 g/mol. The lowest BCUT2D eigenvalue weighted by Crippen LogP contribution is -2.09. The maximum absolute atomic E-state index is 12.5. The van der Waals surface area contributed by atoms with Gasteiger partial charge in [-0.25, -0.2) is 9.78 Å². The van der Waals surface area contributed by atoms with Crippen LogP contribution in [0.5, 0.6) is 0 Å².